The molecule has 1 N–H and O–H groups in total. The van der Waals surface area contributed by atoms with E-state index in [9.17, 15) is 19.1 Å². The second-order valence-corrected chi connectivity index (χ2v) is 8.19. The normalized spacial score (nSPS) is 18.5. The maximum Gasteiger partial charge on any atom is 0.295 e. The van der Waals surface area contributed by atoms with Gasteiger partial charge in [0.2, 0.25) is 5.78 Å². The molecule has 1 atom stereocenters. The van der Waals surface area contributed by atoms with Crippen LogP contribution in [0.25, 0.3) is 5.76 Å². The highest BCUT2D eigenvalue weighted by molar-refractivity contribution is 6.46. The second kappa shape index (κ2) is 8.93. The fourth-order valence-electron chi connectivity index (χ4n) is 3.49. The topological polar surface area (TPSA) is 87.2 Å². The molecule has 1 unspecified atom stereocenters. The van der Waals surface area contributed by atoms with Crippen LogP contribution in [-0.4, -0.2) is 49.9 Å². The van der Waals surface area contributed by atoms with Crippen molar-refractivity contribution in [2.24, 2.45) is 0 Å². The Morgan fingerprint density at radius 3 is 2.52 bits per heavy atom. The van der Waals surface area contributed by atoms with E-state index in [-0.39, 0.29) is 29.5 Å². The first-order valence-corrected chi connectivity index (χ1v) is 10.2. The van der Waals surface area contributed by atoms with E-state index in [0.717, 1.165) is 11.0 Å². The lowest BCUT2D eigenvalue weighted by atomic mass is 9.99. The molecule has 1 fully saturated rings. The van der Waals surface area contributed by atoms with E-state index in [4.69, 9.17) is 9.15 Å². The molecule has 1 aromatic heterocycles. The first kappa shape index (κ1) is 22.6. The fraction of sp³-hybridized carbons (Fsp3) is 0.391. The quantitative estimate of drug-likeness (QED) is 0.400. The van der Waals surface area contributed by atoms with E-state index >= 15 is 0 Å². The lowest BCUT2D eigenvalue weighted by Crippen LogP contribution is -3.06. The van der Waals surface area contributed by atoms with E-state index < -0.39 is 29.3 Å². The van der Waals surface area contributed by atoms with Crippen LogP contribution in [-0.2, 0) is 9.59 Å². The molecule has 3 rings (SSSR count). The summed E-state index contributed by atoms with van der Waals surface area (Å²) in [5.74, 6) is -2.13. The molecule has 31 heavy (non-hydrogen) atoms. The number of hydrogen-bond donors (Lipinski definition) is 1. The number of nitrogens with zero attached hydrogens (tertiary/aromatic N) is 1. The fourth-order valence-corrected chi connectivity index (χ4v) is 3.49. The highest BCUT2D eigenvalue weighted by Crippen LogP contribution is 2.39. The molecule has 1 aliphatic rings. The maximum atomic E-state index is 14.5. The SMILES string of the molecule is Cc1ccc(C2C(=C([O-])c3ccc(OC(C)C)c(F)c3)C(=O)C(=O)N2CC[NH+](C)C)o1. The predicted octanol–water partition coefficient (Wildman–Crippen LogP) is 0.883. The van der Waals surface area contributed by atoms with Crippen LogP contribution in [0.4, 0.5) is 4.39 Å². The summed E-state index contributed by atoms with van der Waals surface area (Å²) in [6, 6.07) is 6.18. The zero-order chi connectivity index (χ0) is 22.9. The number of likely N-dealkylation sites (tertiary alicyclic amines) is 1. The van der Waals surface area contributed by atoms with Gasteiger partial charge >= 0.3 is 0 Å². The number of ether oxygens (including phenoxy) is 1. The molecule has 0 radical (unpaired) electrons. The van der Waals surface area contributed by atoms with Gasteiger partial charge in [0.05, 0.1) is 33.3 Å². The molecule has 1 saturated heterocycles. The molecule has 2 heterocycles. The summed E-state index contributed by atoms with van der Waals surface area (Å²) in [6.45, 7) is 6.10. The number of hydrogen-bond acceptors (Lipinski definition) is 5. The average Bonchev–Trinajstić information content (AvgIpc) is 3.22. The van der Waals surface area contributed by atoms with Gasteiger partial charge in [0, 0.05) is 5.57 Å². The van der Waals surface area contributed by atoms with E-state index in [2.05, 4.69) is 0 Å². The van der Waals surface area contributed by atoms with E-state index in [1.165, 1.54) is 17.0 Å². The second-order valence-electron chi connectivity index (χ2n) is 8.19. The van der Waals surface area contributed by atoms with Crippen molar-refractivity contribution in [1.82, 2.24) is 4.90 Å². The van der Waals surface area contributed by atoms with Gasteiger partial charge in [-0.15, -0.1) is 0 Å². The molecule has 1 amide bonds. The Labute approximate surface area is 180 Å². The monoisotopic (exact) mass is 430 g/mol. The minimum atomic E-state index is -0.949. The number of rotatable bonds is 7. The third-order valence-electron chi connectivity index (χ3n) is 4.97. The summed E-state index contributed by atoms with van der Waals surface area (Å²) < 4.78 is 25.5. The Bertz CT molecular complexity index is 1020. The number of furan rings is 1. The predicted molar refractivity (Wildman–Crippen MR) is 110 cm³/mol. The number of Topliss-reactive ketones (excluding diaryl/α,β-unsaturated/α-hetero) is 1. The van der Waals surface area contributed by atoms with Crippen molar-refractivity contribution in [2.75, 3.05) is 27.2 Å². The van der Waals surface area contributed by atoms with Gasteiger partial charge in [-0.05, 0) is 50.6 Å². The average molecular weight is 430 g/mol. The van der Waals surface area contributed by atoms with Crippen molar-refractivity contribution < 1.29 is 33.1 Å². The van der Waals surface area contributed by atoms with Gasteiger partial charge in [-0.1, -0.05) is 11.8 Å². The number of ketones is 1. The number of nitrogens with one attached hydrogen (secondary N) is 1. The van der Waals surface area contributed by atoms with Crippen molar-refractivity contribution in [3.05, 3.63) is 58.8 Å². The summed E-state index contributed by atoms with van der Waals surface area (Å²) in [7, 11) is 3.85. The first-order chi connectivity index (χ1) is 14.6. The van der Waals surface area contributed by atoms with Crippen LogP contribution in [0.2, 0.25) is 0 Å². The van der Waals surface area contributed by atoms with Gasteiger partial charge in [0.1, 0.15) is 17.6 Å². The van der Waals surface area contributed by atoms with Gasteiger partial charge in [0.25, 0.3) is 5.91 Å². The Balaban J connectivity index is 2.09. The van der Waals surface area contributed by atoms with Crippen LogP contribution in [0.1, 0.15) is 37.0 Å². The Morgan fingerprint density at radius 2 is 1.97 bits per heavy atom. The van der Waals surface area contributed by atoms with Crippen molar-refractivity contribution in [1.29, 1.82) is 0 Å². The number of aryl methyl sites for hydroxylation is 1. The van der Waals surface area contributed by atoms with Crippen LogP contribution in [0.3, 0.4) is 0 Å². The summed E-state index contributed by atoms with van der Waals surface area (Å²) >= 11 is 0. The molecular weight excluding hydrogens is 403 g/mol. The van der Waals surface area contributed by atoms with Crippen molar-refractivity contribution in [3.8, 4) is 5.75 Å². The Kier molecular flexibility index (Phi) is 6.50. The zero-order valence-electron chi connectivity index (χ0n) is 18.3. The minimum Gasteiger partial charge on any atom is -0.872 e. The largest absolute Gasteiger partial charge is 0.872 e. The molecule has 0 aliphatic carbocycles. The standard InChI is InChI=1S/C23H27FN2O5/c1-13(2)30-17-9-7-15(12-16(17)24)21(27)19-20(18-8-6-14(3)31-18)26(11-10-25(4)5)23(29)22(19)28/h6-9,12-13,20,27H,10-11H2,1-5H3. The third-order valence-corrected chi connectivity index (χ3v) is 4.97. The maximum absolute atomic E-state index is 14.5. The van der Waals surface area contributed by atoms with E-state index in [1.54, 1.807) is 32.9 Å². The number of quaternary nitrogens is 1. The highest BCUT2D eigenvalue weighted by Gasteiger charge is 2.45. The summed E-state index contributed by atoms with van der Waals surface area (Å²) in [5, 5.41) is 13.3. The number of carbonyl (C=O) groups excluding carboxylic acids is 2. The van der Waals surface area contributed by atoms with Gasteiger partial charge in [-0.25, -0.2) is 4.39 Å². The molecule has 7 nitrogen and oxygen atoms in total. The first-order valence-electron chi connectivity index (χ1n) is 10.2. The highest BCUT2D eigenvalue weighted by atomic mass is 19.1. The Hall–Kier alpha value is -3.13. The molecule has 2 aromatic rings. The van der Waals surface area contributed by atoms with Gasteiger partial charge in [-0.2, -0.15) is 0 Å². The van der Waals surface area contributed by atoms with E-state index in [1.807, 2.05) is 14.1 Å². The number of likely N-dealkylation sites (N-methyl/N-ethyl adjacent to an activating group) is 1. The van der Waals surface area contributed by atoms with Gasteiger partial charge in [-0.3, -0.25) is 9.59 Å². The van der Waals surface area contributed by atoms with Crippen LogP contribution in [0.5, 0.6) is 5.75 Å². The van der Waals surface area contributed by atoms with Crippen molar-refractivity contribution >= 4 is 17.4 Å². The summed E-state index contributed by atoms with van der Waals surface area (Å²) in [4.78, 5) is 28.0. The Morgan fingerprint density at radius 1 is 1.26 bits per heavy atom. The van der Waals surface area contributed by atoms with Gasteiger partial charge < -0.3 is 24.1 Å². The molecule has 0 saturated carbocycles. The molecule has 0 spiro atoms. The molecule has 1 aromatic carbocycles. The summed E-state index contributed by atoms with van der Waals surface area (Å²) in [5.41, 5.74) is -0.261. The smallest absolute Gasteiger partial charge is 0.295 e. The molecule has 8 heteroatoms. The molecule has 1 aliphatic heterocycles. The van der Waals surface area contributed by atoms with Crippen LogP contribution < -0.4 is 14.7 Å². The van der Waals surface area contributed by atoms with Crippen molar-refractivity contribution in [3.63, 3.8) is 0 Å². The minimum absolute atomic E-state index is 0.0131. The number of carbonyl (C=O) groups is 2. The zero-order valence-corrected chi connectivity index (χ0v) is 18.3. The number of halogens is 1. The lowest BCUT2D eigenvalue weighted by molar-refractivity contribution is -0.857. The molecular formula is C23H27FN2O5. The number of benzene rings is 1. The number of amides is 1. The summed E-state index contributed by atoms with van der Waals surface area (Å²) in [6.07, 6.45) is -0.238. The molecule has 0 bridgehead atoms. The third kappa shape index (κ3) is 4.64. The lowest BCUT2D eigenvalue weighted by Gasteiger charge is -2.26. The molecule has 166 valence electrons. The van der Waals surface area contributed by atoms with Crippen LogP contribution in [0, 0.1) is 12.7 Å². The van der Waals surface area contributed by atoms with Crippen LogP contribution in [0.15, 0.2) is 40.3 Å². The van der Waals surface area contributed by atoms with Gasteiger partial charge in [0.15, 0.2) is 11.6 Å². The van der Waals surface area contributed by atoms with Crippen molar-refractivity contribution in [2.45, 2.75) is 32.9 Å². The van der Waals surface area contributed by atoms with E-state index in [0.29, 0.717) is 18.1 Å². The van der Waals surface area contributed by atoms with Crippen LogP contribution >= 0.6 is 0 Å².